The van der Waals surface area contributed by atoms with Gasteiger partial charge in [0.15, 0.2) is 0 Å². The number of rotatable bonds is 5. The lowest BCUT2D eigenvalue weighted by atomic mass is 9.81. The van der Waals surface area contributed by atoms with Crippen LogP contribution in [0.3, 0.4) is 0 Å². The smallest absolute Gasteiger partial charge is 0.355 e. The Morgan fingerprint density at radius 2 is 1.78 bits per heavy atom. The maximum absolute atomic E-state index is 13.0. The molecule has 0 saturated carbocycles. The first kappa shape index (κ1) is 22.4. The molecule has 0 saturated heterocycles. The SMILES string of the molecule is CCc1ccc(N2C(N)=C(C#N)C(c3ccccc3)C(C(=O)OC)=C2C(=O)OC)c(O)c1. The number of ether oxygens (including phenoxy) is 2. The van der Waals surface area contributed by atoms with Gasteiger partial charge in [0.2, 0.25) is 0 Å². The molecule has 3 N–H and O–H groups in total. The fourth-order valence-electron chi connectivity index (χ4n) is 3.74. The van der Waals surface area contributed by atoms with Gasteiger partial charge in [-0.25, -0.2) is 9.59 Å². The minimum Gasteiger partial charge on any atom is -0.506 e. The highest BCUT2D eigenvalue weighted by Crippen LogP contribution is 2.45. The van der Waals surface area contributed by atoms with Crippen molar-refractivity contribution in [3.8, 4) is 11.8 Å². The lowest BCUT2D eigenvalue weighted by Crippen LogP contribution is -2.40. The molecule has 8 nitrogen and oxygen atoms in total. The molecular weight excluding hydrogens is 410 g/mol. The van der Waals surface area contributed by atoms with Gasteiger partial charge < -0.3 is 20.3 Å². The Balaban J connectivity index is 2.41. The Morgan fingerprint density at radius 3 is 2.31 bits per heavy atom. The van der Waals surface area contributed by atoms with Crippen molar-refractivity contribution >= 4 is 17.6 Å². The number of phenolic OH excluding ortho intramolecular Hbond substituents is 1. The number of benzene rings is 2. The first-order chi connectivity index (χ1) is 15.4. The second kappa shape index (κ2) is 9.27. The van der Waals surface area contributed by atoms with Gasteiger partial charge >= 0.3 is 11.9 Å². The summed E-state index contributed by atoms with van der Waals surface area (Å²) in [6.07, 6.45) is 0.672. The van der Waals surface area contributed by atoms with Crippen molar-refractivity contribution in [3.05, 3.63) is 82.3 Å². The molecule has 2 aromatic carbocycles. The third-order valence-electron chi connectivity index (χ3n) is 5.30. The van der Waals surface area contributed by atoms with E-state index in [4.69, 9.17) is 15.2 Å². The van der Waals surface area contributed by atoms with Crippen LogP contribution in [-0.2, 0) is 25.5 Å². The molecule has 0 aliphatic carbocycles. The first-order valence-corrected chi connectivity index (χ1v) is 9.87. The lowest BCUT2D eigenvalue weighted by molar-refractivity contribution is -0.139. The van der Waals surface area contributed by atoms with E-state index < -0.39 is 17.9 Å². The summed E-state index contributed by atoms with van der Waals surface area (Å²) in [5, 5.41) is 20.7. The third-order valence-corrected chi connectivity index (χ3v) is 5.30. The number of carbonyl (C=O) groups is 2. The number of phenols is 1. The van der Waals surface area contributed by atoms with E-state index in [0.717, 1.165) is 5.56 Å². The number of aromatic hydroxyl groups is 1. The summed E-state index contributed by atoms with van der Waals surface area (Å²) in [6.45, 7) is 1.93. The van der Waals surface area contributed by atoms with Crippen LogP contribution in [0.15, 0.2) is 71.2 Å². The number of esters is 2. The number of hydrogen-bond donors (Lipinski definition) is 2. The van der Waals surface area contributed by atoms with Gasteiger partial charge in [-0.3, -0.25) is 4.90 Å². The highest BCUT2D eigenvalue weighted by atomic mass is 16.5. The highest BCUT2D eigenvalue weighted by molar-refractivity contribution is 6.06. The summed E-state index contributed by atoms with van der Waals surface area (Å²) >= 11 is 0. The van der Waals surface area contributed by atoms with Crippen LogP contribution in [0.5, 0.6) is 5.75 Å². The zero-order chi connectivity index (χ0) is 23.4. The molecule has 0 amide bonds. The van der Waals surface area contributed by atoms with Gasteiger partial charge in [0, 0.05) is 0 Å². The zero-order valence-electron chi connectivity index (χ0n) is 18.0. The molecule has 0 fully saturated rings. The van der Waals surface area contributed by atoms with E-state index in [0.29, 0.717) is 12.0 Å². The number of anilines is 1. The summed E-state index contributed by atoms with van der Waals surface area (Å²) in [5.74, 6) is -2.93. The van der Waals surface area contributed by atoms with Gasteiger partial charge in [0.05, 0.1) is 43.0 Å². The molecular formula is C24H23N3O5. The average molecular weight is 433 g/mol. The number of aryl methyl sites for hydroxylation is 1. The van der Waals surface area contributed by atoms with Crippen LogP contribution < -0.4 is 10.6 Å². The van der Waals surface area contributed by atoms with Crippen LogP contribution in [0.4, 0.5) is 5.69 Å². The lowest BCUT2D eigenvalue weighted by Gasteiger charge is -2.36. The number of methoxy groups -OCH3 is 2. The first-order valence-electron chi connectivity index (χ1n) is 9.87. The molecule has 0 spiro atoms. The van der Waals surface area contributed by atoms with Crippen molar-refractivity contribution in [2.75, 3.05) is 19.1 Å². The predicted octanol–water partition coefficient (Wildman–Crippen LogP) is 2.85. The average Bonchev–Trinajstić information content (AvgIpc) is 2.82. The Hall–Kier alpha value is -4.25. The van der Waals surface area contributed by atoms with Gasteiger partial charge in [0.1, 0.15) is 17.3 Å². The molecule has 8 heteroatoms. The Kier molecular flexibility index (Phi) is 6.50. The van der Waals surface area contributed by atoms with E-state index >= 15 is 0 Å². The van der Waals surface area contributed by atoms with Crippen LogP contribution in [-0.4, -0.2) is 31.3 Å². The van der Waals surface area contributed by atoms with Crippen molar-refractivity contribution in [1.82, 2.24) is 0 Å². The number of carbonyl (C=O) groups excluding carboxylic acids is 2. The highest BCUT2D eigenvalue weighted by Gasteiger charge is 2.43. The summed E-state index contributed by atoms with van der Waals surface area (Å²) in [4.78, 5) is 27.1. The van der Waals surface area contributed by atoms with Crippen LogP contribution in [0.1, 0.15) is 24.0 Å². The minimum absolute atomic E-state index is 0.0308. The normalized spacial score (nSPS) is 15.9. The molecule has 164 valence electrons. The number of nitriles is 1. The van der Waals surface area contributed by atoms with Crippen molar-refractivity contribution in [2.45, 2.75) is 19.3 Å². The van der Waals surface area contributed by atoms with Crippen LogP contribution in [0.25, 0.3) is 0 Å². The molecule has 0 aromatic heterocycles. The Labute approximate surface area is 185 Å². The topological polar surface area (TPSA) is 126 Å². The quantitative estimate of drug-likeness (QED) is 0.690. The number of nitrogens with two attached hydrogens (primary N) is 1. The van der Waals surface area contributed by atoms with E-state index in [-0.39, 0.29) is 34.1 Å². The molecule has 1 aliphatic heterocycles. The van der Waals surface area contributed by atoms with E-state index in [1.165, 1.54) is 25.2 Å². The number of nitrogens with zero attached hydrogens (tertiary/aromatic N) is 2. The molecule has 1 aliphatic rings. The van der Waals surface area contributed by atoms with Crippen molar-refractivity contribution in [3.63, 3.8) is 0 Å². The van der Waals surface area contributed by atoms with Crippen LogP contribution in [0, 0.1) is 11.3 Å². The monoisotopic (exact) mass is 433 g/mol. The molecule has 0 radical (unpaired) electrons. The fraction of sp³-hybridized carbons (Fsp3) is 0.208. The number of hydrogen-bond acceptors (Lipinski definition) is 8. The summed E-state index contributed by atoms with van der Waals surface area (Å²) < 4.78 is 9.94. The van der Waals surface area contributed by atoms with Gasteiger partial charge in [-0.2, -0.15) is 5.26 Å². The molecule has 1 atom stereocenters. The Bertz CT molecular complexity index is 1160. The van der Waals surface area contributed by atoms with Crippen molar-refractivity contribution < 1.29 is 24.2 Å². The van der Waals surface area contributed by atoms with E-state index in [1.54, 1.807) is 42.5 Å². The zero-order valence-corrected chi connectivity index (χ0v) is 18.0. The fourth-order valence-corrected chi connectivity index (χ4v) is 3.74. The molecule has 2 aromatic rings. The molecule has 1 unspecified atom stereocenters. The second-order valence-corrected chi connectivity index (χ2v) is 7.01. The van der Waals surface area contributed by atoms with E-state index in [1.807, 2.05) is 6.92 Å². The summed E-state index contributed by atoms with van der Waals surface area (Å²) in [7, 11) is 2.34. The Morgan fingerprint density at radius 1 is 1.12 bits per heavy atom. The summed E-state index contributed by atoms with van der Waals surface area (Å²) in [6, 6.07) is 15.6. The maximum Gasteiger partial charge on any atom is 0.355 e. The van der Waals surface area contributed by atoms with Crippen molar-refractivity contribution in [2.24, 2.45) is 5.73 Å². The largest absolute Gasteiger partial charge is 0.506 e. The molecule has 3 rings (SSSR count). The minimum atomic E-state index is -0.962. The van der Waals surface area contributed by atoms with Gasteiger partial charge in [-0.05, 0) is 29.7 Å². The standard InChI is InChI=1S/C24H23N3O5/c1-4-14-10-11-17(18(28)12-14)27-21(24(30)32-3)20(23(29)31-2)19(16(13-25)22(27)26)15-8-6-5-7-9-15/h5-12,19,28H,4,26H2,1-3H3. The van der Waals surface area contributed by atoms with Gasteiger partial charge in [0.25, 0.3) is 0 Å². The number of allylic oxidation sites excluding steroid dienone is 1. The molecule has 0 bridgehead atoms. The van der Waals surface area contributed by atoms with Crippen LogP contribution >= 0.6 is 0 Å². The molecule has 32 heavy (non-hydrogen) atoms. The molecule has 1 heterocycles. The van der Waals surface area contributed by atoms with Crippen molar-refractivity contribution in [1.29, 1.82) is 5.26 Å². The maximum atomic E-state index is 13.0. The van der Waals surface area contributed by atoms with Gasteiger partial charge in [-0.15, -0.1) is 0 Å². The van der Waals surface area contributed by atoms with E-state index in [2.05, 4.69) is 6.07 Å². The van der Waals surface area contributed by atoms with Gasteiger partial charge in [-0.1, -0.05) is 43.3 Å². The predicted molar refractivity (Wildman–Crippen MR) is 117 cm³/mol. The van der Waals surface area contributed by atoms with Crippen LogP contribution in [0.2, 0.25) is 0 Å². The second-order valence-electron chi connectivity index (χ2n) is 7.01. The summed E-state index contributed by atoms with van der Waals surface area (Å²) in [5.41, 5.74) is 7.63. The third kappa shape index (κ3) is 3.76. The van der Waals surface area contributed by atoms with E-state index in [9.17, 15) is 20.0 Å².